The maximum absolute atomic E-state index is 4.80. The fraction of sp³-hybridized carbons (Fsp3) is 0.286. The Hall–Kier alpha value is 0.380. The van der Waals surface area contributed by atoms with E-state index < -0.39 is 0 Å². The molecule has 0 unspecified atom stereocenters. The number of pyridine rings is 2. The second-order valence-corrected chi connectivity index (χ2v) is 8.65. The van der Waals surface area contributed by atoms with E-state index in [1.165, 1.54) is 0 Å². The van der Waals surface area contributed by atoms with Gasteiger partial charge in [-0.3, -0.25) is 9.97 Å². The van der Waals surface area contributed by atoms with Gasteiger partial charge in [0.15, 0.2) is 0 Å². The zero-order valence-electron chi connectivity index (χ0n) is 11.7. The van der Waals surface area contributed by atoms with Crippen molar-refractivity contribution in [3.05, 3.63) is 59.2 Å². The lowest BCUT2D eigenvalue weighted by molar-refractivity contribution is 0.429. The second-order valence-electron chi connectivity index (χ2n) is 4.97. The molecular formula is C14H14I2N4S2. The molecule has 22 heavy (non-hydrogen) atoms. The van der Waals surface area contributed by atoms with Crippen molar-refractivity contribution in [3.63, 3.8) is 0 Å². The van der Waals surface area contributed by atoms with Gasteiger partial charge < -0.3 is 0 Å². The summed E-state index contributed by atoms with van der Waals surface area (Å²) in [6, 6.07) is 12.6. The normalized spacial score (nSPS) is 16.8. The van der Waals surface area contributed by atoms with Crippen LogP contribution in [-0.4, -0.2) is 18.6 Å². The van der Waals surface area contributed by atoms with Crippen LogP contribution in [0, 0.1) is 0 Å². The summed E-state index contributed by atoms with van der Waals surface area (Å²) < 4.78 is 4.57. The summed E-state index contributed by atoms with van der Waals surface area (Å²) in [6.45, 7) is 3.30. The highest BCUT2D eigenvalue weighted by molar-refractivity contribution is 14.2. The zero-order valence-corrected chi connectivity index (χ0v) is 17.6. The Labute approximate surface area is 163 Å². The Kier molecular flexibility index (Phi) is 6.63. The van der Waals surface area contributed by atoms with E-state index >= 15 is 0 Å². The summed E-state index contributed by atoms with van der Waals surface area (Å²) in [6.07, 6.45) is 0. The van der Waals surface area contributed by atoms with E-state index in [9.17, 15) is 0 Å². The molecule has 2 aromatic heterocycles. The number of halogens is 2. The Morgan fingerprint density at radius 1 is 0.682 bits per heavy atom. The number of aromatic nitrogens is 2. The minimum Gasteiger partial charge on any atom is -0.255 e. The van der Waals surface area contributed by atoms with Gasteiger partial charge in [0.2, 0.25) is 0 Å². The van der Waals surface area contributed by atoms with Gasteiger partial charge in [0, 0.05) is 42.4 Å². The highest BCUT2D eigenvalue weighted by atomic mass is 127. The molecule has 0 saturated carbocycles. The quantitative estimate of drug-likeness (QED) is 0.391. The molecule has 4 nitrogen and oxygen atoms in total. The Morgan fingerprint density at radius 2 is 1.00 bits per heavy atom. The first-order valence-electron chi connectivity index (χ1n) is 6.74. The van der Waals surface area contributed by atoms with Crippen LogP contribution in [0.3, 0.4) is 0 Å². The molecule has 0 N–H and O–H groups in total. The van der Waals surface area contributed by atoms with Crippen molar-refractivity contribution < 1.29 is 0 Å². The van der Waals surface area contributed by atoms with E-state index in [4.69, 9.17) is 9.97 Å². The third-order valence-corrected chi connectivity index (χ3v) is 7.53. The van der Waals surface area contributed by atoms with Crippen LogP contribution in [0.5, 0.6) is 0 Å². The number of hydrogen-bond donors (Lipinski definition) is 0. The molecule has 116 valence electrons. The van der Waals surface area contributed by atoms with E-state index in [0.29, 0.717) is 0 Å². The molecule has 2 aromatic rings. The van der Waals surface area contributed by atoms with Gasteiger partial charge in [-0.1, -0.05) is 12.1 Å². The van der Waals surface area contributed by atoms with E-state index in [-0.39, 0.29) is 0 Å². The van der Waals surface area contributed by atoms with E-state index in [1.54, 1.807) is 18.2 Å². The predicted octanol–water partition coefficient (Wildman–Crippen LogP) is 4.79. The van der Waals surface area contributed by atoms with Crippen LogP contribution in [0.4, 0.5) is 0 Å². The number of hydrogen-bond acceptors (Lipinski definition) is 6. The number of rotatable bonds is 2. The summed E-state index contributed by atoms with van der Waals surface area (Å²) in [4.78, 5) is 9.60. The summed E-state index contributed by atoms with van der Waals surface area (Å²) in [5, 5.41) is 0. The Morgan fingerprint density at radius 3 is 1.27 bits per heavy atom. The maximum Gasteiger partial charge on any atom is 0.0557 e. The van der Waals surface area contributed by atoms with Crippen LogP contribution >= 0.6 is 60.6 Å². The van der Waals surface area contributed by atoms with E-state index in [2.05, 4.69) is 87.4 Å². The van der Waals surface area contributed by atoms with Crippen molar-refractivity contribution >= 4 is 60.6 Å². The molecule has 0 spiro atoms. The average molecular weight is 556 g/mol. The van der Waals surface area contributed by atoms with Gasteiger partial charge in [0.1, 0.15) is 0 Å². The van der Waals surface area contributed by atoms with Crippen molar-refractivity contribution in [2.45, 2.75) is 26.2 Å². The zero-order chi connectivity index (χ0) is 15.4. The standard InChI is InChI=1S/C14H14I2N4S2/c15-21-19-7-11-3-1-4-12(17-11)8-20(22-16)10-14-6-2-5-13(9-19)18-14/h1-6H,7-10H2. The van der Waals surface area contributed by atoms with Crippen LogP contribution in [0.2, 0.25) is 0 Å². The molecule has 0 radical (unpaired) electrons. The average Bonchev–Trinajstić information content (AvgIpc) is 2.53. The minimum absolute atomic E-state index is 0.824. The van der Waals surface area contributed by atoms with Crippen LogP contribution in [0.1, 0.15) is 22.8 Å². The molecule has 4 bridgehead atoms. The molecule has 0 atom stereocenters. The fourth-order valence-electron chi connectivity index (χ4n) is 2.34. The fourth-order valence-corrected chi connectivity index (χ4v) is 4.74. The van der Waals surface area contributed by atoms with Crippen molar-refractivity contribution in [3.8, 4) is 0 Å². The molecule has 0 aliphatic carbocycles. The third kappa shape index (κ3) is 4.69. The van der Waals surface area contributed by atoms with Gasteiger partial charge in [-0.05, 0) is 42.5 Å². The summed E-state index contributed by atoms with van der Waals surface area (Å²) in [5.41, 5.74) is 4.43. The Balaban J connectivity index is 1.95. The van der Waals surface area contributed by atoms with Crippen LogP contribution in [0.15, 0.2) is 36.4 Å². The molecule has 0 saturated heterocycles. The van der Waals surface area contributed by atoms with Gasteiger partial charge in [-0.15, -0.1) is 0 Å². The highest BCUT2D eigenvalue weighted by Crippen LogP contribution is 2.26. The number of fused-ring (bicyclic) bond motifs is 4. The first-order chi connectivity index (χ1) is 10.8. The molecule has 3 rings (SSSR count). The van der Waals surface area contributed by atoms with Gasteiger partial charge in [-0.25, -0.2) is 8.61 Å². The summed E-state index contributed by atoms with van der Waals surface area (Å²) in [5.74, 6) is 0. The topological polar surface area (TPSA) is 32.3 Å². The van der Waals surface area contributed by atoms with Gasteiger partial charge in [0.05, 0.1) is 49.0 Å². The van der Waals surface area contributed by atoms with Gasteiger partial charge in [0.25, 0.3) is 0 Å². The molecule has 0 amide bonds. The summed E-state index contributed by atoms with van der Waals surface area (Å²) in [7, 11) is 3.42. The first-order valence-corrected chi connectivity index (χ1v) is 13.4. The highest BCUT2D eigenvalue weighted by Gasteiger charge is 2.14. The molecule has 1 aliphatic rings. The second kappa shape index (κ2) is 8.47. The summed E-state index contributed by atoms with van der Waals surface area (Å²) >= 11 is 4.65. The van der Waals surface area contributed by atoms with Gasteiger partial charge >= 0.3 is 0 Å². The lowest BCUT2D eigenvalue weighted by Gasteiger charge is -2.21. The first kappa shape index (κ1) is 17.2. The largest absolute Gasteiger partial charge is 0.255 e. The predicted molar refractivity (Wildman–Crippen MR) is 110 cm³/mol. The van der Waals surface area contributed by atoms with Crippen molar-refractivity contribution in [1.29, 1.82) is 0 Å². The van der Waals surface area contributed by atoms with Crippen molar-refractivity contribution in [1.82, 2.24) is 18.6 Å². The molecule has 0 fully saturated rings. The van der Waals surface area contributed by atoms with Crippen LogP contribution in [0.25, 0.3) is 0 Å². The smallest absolute Gasteiger partial charge is 0.0557 e. The molecular weight excluding hydrogens is 542 g/mol. The SMILES string of the molecule is ISN1Cc2cccc(n2)CN(SI)Cc2cccc(n2)C1. The molecule has 3 heterocycles. The molecule has 8 heteroatoms. The monoisotopic (exact) mass is 556 g/mol. The van der Waals surface area contributed by atoms with E-state index in [0.717, 1.165) is 49.0 Å². The maximum atomic E-state index is 4.80. The molecule has 0 aromatic carbocycles. The molecule has 1 aliphatic heterocycles. The lowest BCUT2D eigenvalue weighted by atomic mass is 10.2. The third-order valence-electron chi connectivity index (χ3n) is 3.28. The van der Waals surface area contributed by atoms with Crippen molar-refractivity contribution in [2.75, 3.05) is 0 Å². The van der Waals surface area contributed by atoms with E-state index in [1.807, 2.05) is 0 Å². The number of nitrogens with zero attached hydrogens (tertiary/aromatic N) is 4. The van der Waals surface area contributed by atoms with Gasteiger partial charge in [-0.2, -0.15) is 0 Å². The lowest BCUT2D eigenvalue weighted by Crippen LogP contribution is -2.20. The Bertz CT molecular complexity index is 546. The minimum atomic E-state index is 0.824. The van der Waals surface area contributed by atoms with Crippen LogP contribution in [-0.2, 0) is 26.2 Å². The van der Waals surface area contributed by atoms with Crippen molar-refractivity contribution in [2.24, 2.45) is 0 Å². The van der Waals surface area contributed by atoms with Crippen LogP contribution < -0.4 is 0 Å².